The summed E-state index contributed by atoms with van der Waals surface area (Å²) in [7, 11) is 0. The Morgan fingerprint density at radius 1 is 1.11 bits per heavy atom. The molecule has 2 aromatic carbocycles. The van der Waals surface area contributed by atoms with Crippen LogP contribution < -0.4 is 10.6 Å². The number of anilines is 1. The zero-order valence-corrected chi connectivity index (χ0v) is 15.2. The molecular weight excluding hydrogens is 340 g/mol. The van der Waals surface area contributed by atoms with Crippen molar-refractivity contribution < 1.29 is 14.4 Å². The van der Waals surface area contributed by atoms with Crippen molar-refractivity contribution >= 4 is 29.5 Å². The Kier molecular flexibility index (Phi) is 5.50. The first-order valence-electron chi connectivity index (χ1n) is 9.02. The summed E-state index contributed by atoms with van der Waals surface area (Å²) in [4.78, 5) is 36.0. The fourth-order valence-corrected chi connectivity index (χ4v) is 3.36. The van der Waals surface area contributed by atoms with E-state index in [1.165, 1.54) is 6.08 Å². The highest BCUT2D eigenvalue weighted by Crippen LogP contribution is 2.36. The standard InChI is InChI=1S/C22H22N2O3/c1-2-22(15-14-20(26)24-21(22)27)17-9-11-18(12-10-17)23-19(25)13-8-16-6-4-3-5-7-16/h3-13H,2,14-15H2,1H3,(H,23,25)(H,24,26,27). The van der Waals surface area contributed by atoms with Crippen LogP contribution in [0, 0.1) is 0 Å². The maximum absolute atomic E-state index is 12.4. The van der Waals surface area contributed by atoms with E-state index in [0.717, 1.165) is 11.1 Å². The summed E-state index contributed by atoms with van der Waals surface area (Å²) in [5.74, 6) is -0.695. The minimum Gasteiger partial charge on any atom is -0.323 e. The van der Waals surface area contributed by atoms with Crippen LogP contribution >= 0.6 is 0 Å². The summed E-state index contributed by atoms with van der Waals surface area (Å²) in [6, 6.07) is 16.8. The number of amides is 3. The minimum atomic E-state index is -0.691. The smallest absolute Gasteiger partial charge is 0.248 e. The number of carbonyl (C=O) groups is 3. The summed E-state index contributed by atoms with van der Waals surface area (Å²) < 4.78 is 0. The van der Waals surface area contributed by atoms with Gasteiger partial charge in [-0.15, -0.1) is 0 Å². The average Bonchev–Trinajstić information content (AvgIpc) is 2.69. The van der Waals surface area contributed by atoms with Crippen LogP contribution in [-0.2, 0) is 19.8 Å². The van der Waals surface area contributed by atoms with Gasteiger partial charge in [0.25, 0.3) is 0 Å². The van der Waals surface area contributed by atoms with E-state index >= 15 is 0 Å². The Bertz CT molecular complexity index is 872. The lowest BCUT2D eigenvalue weighted by atomic mass is 9.72. The van der Waals surface area contributed by atoms with Gasteiger partial charge < -0.3 is 5.32 Å². The van der Waals surface area contributed by atoms with Crippen LogP contribution in [0.1, 0.15) is 37.3 Å². The molecule has 5 nitrogen and oxygen atoms in total. The number of nitrogens with one attached hydrogen (secondary N) is 2. The number of rotatable bonds is 5. The van der Waals surface area contributed by atoms with Crippen molar-refractivity contribution in [3.05, 3.63) is 71.8 Å². The molecular formula is C22H22N2O3. The molecule has 27 heavy (non-hydrogen) atoms. The van der Waals surface area contributed by atoms with E-state index < -0.39 is 5.41 Å². The number of hydrogen-bond donors (Lipinski definition) is 2. The highest BCUT2D eigenvalue weighted by molar-refractivity contribution is 6.04. The molecule has 0 aliphatic carbocycles. The predicted molar refractivity (Wildman–Crippen MR) is 105 cm³/mol. The minimum absolute atomic E-state index is 0.224. The van der Waals surface area contributed by atoms with Gasteiger partial charge in [0, 0.05) is 18.2 Å². The zero-order chi connectivity index (χ0) is 19.3. The molecule has 5 heteroatoms. The van der Waals surface area contributed by atoms with Crippen molar-refractivity contribution in [2.75, 3.05) is 5.32 Å². The molecule has 0 aromatic heterocycles. The predicted octanol–water partition coefficient (Wildman–Crippen LogP) is 3.42. The maximum atomic E-state index is 12.4. The van der Waals surface area contributed by atoms with Crippen molar-refractivity contribution in [3.8, 4) is 0 Å². The first kappa shape index (κ1) is 18.6. The second kappa shape index (κ2) is 7.99. The molecule has 0 saturated carbocycles. The van der Waals surface area contributed by atoms with Crippen LogP contribution in [0.15, 0.2) is 60.7 Å². The summed E-state index contributed by atoms with van der Waals surface area (Å²) >= 11 is 0. The van der Waals surface area contributed by atoms with E-state index in [1.807, 2.05) is 49.4 Å². The second-order valence-corrected chi connectivity index (χ2v) is 6.62. The molecule has 0 spiro atoms. The van der Waals surface area contributed by atoms with Crippen molar-refractivity contribution in [2.45, 2.75) is 31.6 Å². The van der Waals surface area contributed by atoms with Gasteiger partial charge in [-0.1, -0.05) is 49.4 Å². The first-order chi connectivity index (χ1) is 13.0. The lowest BCUT2D eigenvalue weighted by molar-refractivity contribution is -0.138. The van der Waals surface area contributed by atoms with Crippen LogP contribution in [0.3, 0.4) is 0 Å². The summed E-state index contributed by atoms with van der Waals surface area (Å²) in [5, 5.41) is 5.25. The van der Waals surface area contributed by atoms with Crippen LogP contribution in [0.5, 0.6) is 0 Å². The van der Waals surface area contributed by atoms with Crippen molar-refractivity contribution in [3.63, 3.8) is 0 Å². The normalized spacial score (nSPS) is 19.7. The molecule has 1 aliphatic heterocycles. The third-order valence-corrected chi connectivity index (χ3v) is 5.00. The Morgan fingerprint density at radius 2 is 1.81 bits per heavy atom. The van der Waals surface area contributed by atoms with Gasteiger partial charge >= 0.3 is 0 Å². The van der Waals surface area contributed by atoms with E-state index in [2.05, 4.69) is 10.6 Å². The molecule has 2 aromatic rings. The summed E-state index contributed by atoms with van der Waals surface area (Å²) in [5.41, 5.74) is 1.77. The third kappa shape index (κ3) is 4.14. The fourth-order valence-electron chi connectivity index (χ4n) is 3.36. The first-order valence-corrected chi connectivity index (χ1v) is 9.02. The number of imide groups is 1. The molecule has 0 radical (unpaired) electrons. The molecule has 1 atom stereocenters. The van der Waals surface area contributed by atoms with Gasteiger partial charge in [-0.05, 0) is 42.2 Å². The monoisotopic (exact) mass is 362 g/mol. The molecule has 3 amide bonds. The molecule has 1 fully saturated rings. The number of carbonyl (C=O) groups excluding carboxylic acids is 3. The average molecular weight is 362 g/mol. The molecule has 1 unspecified atom stereocenters. The van der Waals surface area contributed by atoms with Gasteiger partial charge in [0.2, 0.25) is 17.7 Å². The highest BCUT2D eigenvalue weighted by Gasteiger charge is 2.42. The van der Waals surface area contributed by atoms with E-state index in [0.29, 0.717) is 24.9 Å². The topological polar surface area (TPSA) is 75.3 Å². The van der Waals surface area contributed by atoms with Gasteiger partial charge in [0.1, 0.15) is 0 Å². The fraction of sp³-hybridized carbons (Fsp3) is 0.227. The van der Waals surface area contributed by atoms with Gasteiger partial charge in [0.15, 0.2) is 0 Å². The number of benzene rings is 2. The van der Waals surface area contributed by atoms with E-state index in [4.69, 9.17) is 0 Å². The molecule has 138 valence electrons. The molecule has 0 bridgehead atoms. The Hall–Kier alpha value is -3.21. The SMILES string of the molecule is CCC1(c2ccc(NC(=O)C=Cc3ccccc3)cc2)CCC(=O)NC1=O. The van der Waals surface area contributed by atoms with E-state index in [9.17, 15) is 14.4 Å². The van der Waals surface area contributed by atoms with Crippen LogP contribution in [-0.4, -0.2) is 17.7 Å². The van der Waals surface area contributed by atoms with Crippen LogP contribution in [0.4, 0.5) is 5.69 Å². The Labute approximate surface area is 158 Å². The van der Waals surface area contributed by atoms with Gasteiger partial charge in [-0.25, -0.2) is 0 Å². The van der Waals surface area contributed by atoms with Crippen LogP contribution in [0.2, 0.25) is 0 Å². The Morgan fingerprint density at radius 3 is 2.44 bits per heavy atom. The summed E-state index contributed by atoms with van der Waals surface area (Å²) in [6.07, 6.45) is 4.68. The van der Waals surface area contributed by atoms with E-state index in [1.54, 1.807) is 18.2 Å². The molecule has 1 aliphatic rings. The largest absolute Gasteiger partial charge is 0.323 e. The quantitative estimate of drug-likeness (QED) is 0.632. The van der Waals surface area contributed by atoms with Crippen molar-refractivity contribution in [1.82, 2.24) is 5.32 Å². The Balaban J connectivity index is 1.69. The van der Waals surface area contributed by atoms with Gasteiger partial charge in [-0.3, -0.25) is 19.7 Å². The van der Waals surface area contributed by atoms with Gasteiger partial charge in [-0.2, -0.15) is 0 Å². The lowest BCUT2D eigenvalue weighted by Gasteiger charge is -2.35. The zero-order valence-electron chi connectivity index (χ0n) is 15.2. The van der Waals surface area contributed by atoms with Gasteiger partial charge in [0.05, 0.1) is 5.41 Å². The number of hydrogen-bond acceptors (Lipinski definition) is 3. The molecule has 1 heterocycles. The third-order valence-electron chi connectivity index (χ3n) is 5.00. The van der Waals surface area contributed by atoms with Crippen molar-refractivity contribution in [2.24, 2.45) is 0 Å². The van der Waals surface area contributed by atoms with Crippen molar-refractivity contribution in [1.29, 1.82) is 0 Å². The molecule has 1 saturated heterocycles. The highest BCUT2D eigenvalue weighted by atomic mass is 16.2. The van der Waals surface area contributed by atoms with Crippen LogP contribution in [0.25, 0.3) is 6.08 Å². The summed E-state index contributed by atoms with van der Waals surface area (Å²) in [6.45, 7) is 1.94. The maximum Gasteiger partial charge on any atom is 0.248 e. The lowest BCUT2D eigenvalue weighted by Crippen LogP contribution is -2.51. The number of piperidine rings is 1. The molecule has 2 N–H and O–H groups in total. The molecule has 3 rings (SSSR count). The van der Waals surface area contributed by atoms with E-state index in [-0.39, 0.29) is 17.7 Å². The second-order valence-electron chi connectivity index (χ2n) is 6.62.